The SMILES string of the molecule is CC(=O)NCCCC(CC(=O)C(NC(C)(C)C)C(C)C)C(=O)C(C)(C)C.CC(C)(C)NC(Cc1ccccc1)C(=O)CC(CCCCN)C(=O)C(C)(C)C.CC(C)C(CC(C)(C)C)C(=O)NC(CCCNC(N)=O)C(=O)C(C)(C)C.CC(CC(=O)C(NC(C)(C)C)C(C)C)C(=O)C(C)(C)C. The third kappa shape index (κ3) is 46.5. The van der Waals surface area contributed by atoms with Gasteiger partial charge in [0.1, 0.15) is 17.3 Å². The van der Waals surface area contributed by atoms with E-state index in [-0.39, 0.29) is 146 Å². The molecule has 0 saturated heterocycles. The minimum Gasteiger partial charge on any atom is -0.356 e. The van der Waals surface area contributed by atoms with Crippen LogP contribution >= 0.6 is 0 Å². The predicted molar refractivity (Wildman–Crippen MR) is 415 cm³/mol. The van der Waals surface area contributed by atoms with E-state index in [0.717, 1.165) is 31.2 Å². The molecule has 10 N–H and O–H groups in total. The molecule has 0 aliphatic heterocycles. The van der Waals surface area contributed by atoms with E-state index in [1.165, 1.54) is 6.92 Å². The molecule has 0 spiro atoms. The number of hydrogen-bond acceptors (Lipinski definition) is 14. The van der Waals surface area contributed by atoms with Crippen molar-refractivity contribution < 1.29 is 47.9 Å². The lowest BCUT2D eigenvalue weighted by molar-refractivity contribution is -0.135. The number of benzene rings is 1. The monoisotopic (exact) mass is 1410 g/mol. The van der Waals surface area contributed by atoms with Crippen LogP contribution < -0.4 is 43.4 Å². The van der Waals surface area contributed by atoms with Crippen LogP contribution in [0.15, 0.2) is 30.3 Å². The van der Waals surface area contributed by atoms with E-state index in [0.29, 0.717) is 64.6 Å². The average Bonchev–Trinajstić information content (AvgIpc) is 0.860. The lowest BCUT2D eigenvalue weighted by atomic mass is 9.77. The van der Waals surface area contributed by atoms with Crippen LogP contribution in [-0.4, -0.2) is 119 Å². The summed E-state index contributed by atoms with van der Waals surface area (Å²) < 4.78 is 0. The highest BCUT2D eigenvalue weighted by Crippen LogP contribution is 2.32. The molecule has 18 heteroatoms. The maximum atomic E-state index is 13.3. The molecular weight excluding hydrogens is 1260 g/mol. The molecule has 8 atom stereocenters. The minimum absolute atomic E-state index is 0.00295. The fourth-order valence-corrected chi connectivity index (χ4v) is 11.7. The zero-order valence-corrected chi connectivity index (χ0v) is 69.6. The van der Waals surface area contributed by atoms with Gasteiger partial charge in [-0.1, -0.05) is 189 Å². The van der Waals surface area contributed by atoms with Crippen molar-refractivity contribution in [3.63, 3.8) is 0 Å². The van der Waals surface area contributed by atoms with Crippen LogP contribution in [-0.2, 0) is 49.6 Å². The van der Waals surface area contributed by atoms with E-state index in [2.05, 4.69) is 94.2 Å². The Morgan fingerprint density at radius 3 is 1.18 bits per heavy atom. The summed E-state index contributed by atoms with van der Waals surface area (Å²) in [6.07, 6.45) is 7.11. The Hall–Kier alpha value is -5.04. The molecule has 1 rings (SSSR count). The summed E-state index contributed by atoms with van der Waals surface area (Å²) in [5.74, 6) is 0.325. The number of urea groups is 1. The summed E-state index contributed by atoms with van der Waals surface area (Å²) in [6.45, 7) is 64.7. The molecule has 100 heavy (non-hydrogen) atoms. The summed E-state index contributed by atoms with van der Waals surface area (Å²) in [7, 11) is 0. The summed E-state index contributed by atoms with van der Waals surface area (Å²) in [6, 6.07) is 8.16. The predicted octanol–water partition coefficient (Wildman–Crippen LogP) is 14.7. The lowest BCUT2D eigenvalue weighted by Crippen LogP contribution is -2.51. The second-order valence-electron chi connectivity index (χ2n) is 37.7. The number of carbonyl (C=O) groups excluding carboxylic acids is 10. The van der Waals surface area contributed by atoms with Crippen LogP contribution in [0.25, 0.3) is 0 Å². The average molecular weight is 1410 g/mol. The van der Waals surface area contributed by atoms with Crippen molar-refractivity contribution in [3.8, 4) is 0 Å². The molecule has 0 fully saturated rings. The van der Waals surface area contributed by atoms with Crippen molar-refractivity contribution in [1.82, 2.24) is 31.9 Å². The van der Waals surface area contributed by atoms with E-state index < -0.39 is 28.3 Å². The van der Waals surface area contributed by atoms with Gasteiger partial charge in [0, 0.05) is 101 Å². The molecule has 0 aromatic heterocycles. The standard InChI is InChI=1S/C24H40N2O2.C21H40N2O3.C20H39N3O3.C17H33NO2/c1-23(2,3)22(28)19(14-10-11-15-25)17-21(27)20(26-24(4,5)6)16-18-12-8-7-9-13-18;1-14(2)18(23-21(7,8)9)17(25)13-16(19(26)20(4,5)6)11-10-12-22-15(3)24;1-13(2)14(12-19(3,4)5)17(25)23-15(16(24)20(6,7)8)10-9-11-22-18(21)26;1-11(2)14(18-17(7,8)9)13(19)10-12(3)15(20)16(4,5)6/h7-9,12-13,19-20,26H,10-11,14-17,25H2,1-6H3;14,16,18,23H,10-13H2,1-9H3,(H,22,24);13-15H,9-12H2,1-8H3,(H,23,25)(H3,21,22,26);11-12,14,18H,10H2,1-9H3. The summed E-state index contributed by atoms with van der Waals surface area (Å²) in [4.78, 5) is 124. The summed E-state index contributed by atoms with van der Waals surface area (Å²) >= 11 is 0. The number of nitrogens with two attached hydrogens (primary N) is 2. The number of nitrogens with one attached hydrogen (secondary N) is 6. The highest BCUT2D eigenvalue weighted by molar-refractivity contribution is 5.95. The number of carbonyl (C=O) groups is 10. The first-order chi connectivity index (χ1) is 45.0. The van der Waals surface area contributed by atoms with E-state index in [4.69, 9.17) is 11.5 Å². The molecule has 0 heterocycles. The van der Waals surface area contributed by atoms with E-state index in [1.807, 2.05) is 183 Å². The molecule has 0 aliphatic carbocycles. The Bertz CT molecular complexity index is 2560. The number of Topliss-reactive ketones (excluding diaryl/α,β-unsaturated/α-hetero) is 7. The van der Waals surface area contributed by atoms with Gasteiger partial charge < -0.3 is 43.4 Å². The second kappa shape index (κ2) is 44.6. The van der Waals surface area contributed by atoms with Crippen molar-refractivity contribution in [1.29, 1.82) is 0 Å². The van der Waals surface area contributed by atoms with Gasteiger partial charge in [0.2, 0.25) is 11.8 Å². The molecule has 8 unspecified atom stereocenters. The number of rotatable bonds is 36. The highest BCUT2D eigenvalue weighted by atomic mass is 16.2. The van der Waals surface area contributed by atoms with Crippen molar-refractivity contribution in [2.24, 2.45) is 80.0 Å². The number of amides is 4. The summed E-state index contributed by atoms with van der Waals surface area (Å²) in [5, 5.41) is 18.5. The van der Waals surface area contributed by atoms with Crippen LogP contribution in [0.1, 0.15) is 298 Å². The molecule has 18 nitrogen and oxygen atoms in total. The van der Waals surface area contributed by atoms with Gasteiger partial charge in [-0.05, 0) is 149 Å². The molecule has 1 aromatic carbocycles. The van der Waals surface area contributed by atoms with Gasteiger partial charge in [-0.15, -0.1) is 0 Å². The largest absolute Gasteiger partial charge is 0.356 e. The quantitative estimate of drug-likeness (QED) is 0.0290. The molecule has 1 aromatic rings. The molecular formula is C82H152N8O10. The van der Waals surface area contributed by atoms with Gasteiger partial charge in [-0.3, -0.25) is 43.2 Å². The first-order valence-corrected chi connectivity index (χ1v) is 37.4. The van der Waals surface area contributed by atoms with Crippen molar-refractivity contribution in [3.05, 3.63) is 35.9 Å². The Morgan fingerprint density at radius 2 is 0.820 bits per heavy atom. The zero-order chi connectivity index (χ0) is 79.1. The third-order valence-electron chi connectivity index (χ3n) is 16.7. The maximum Gasteiger partial charge on any atom is 0.312 e. The lowest BCUT2D eigenvalue weighted by Gasteiger charge is -2.32. The fourth-order valence-electron chi connectivity index (χ4n) is 11.7. The van der Waals surface area contributed by atoms with Crippen molar-refractivity contribution in [2.75, 3.05) is 19.6 Å². The van der Waals surface area contributed by atoms with Crippen molar-refractivity contribution >= 4 is 58.3 Å². The smallest absolute Gasteiger partial charge is 0.312 e. The van der Waals surface area contributed by atoms with Gasteiger partial charge in [0.05, 0.1) is 24.2 Å². The Labute approximate surface area is 610 Å². The van der Waals surface area contributed by atoms with Crippen molar-refractivity contribution in [2.45, 2.75) is 339 Å². The Morgan fingerprint density at radius 1 is 0.430 bits per heavy atom. The number of ketones is 7. The Balaban J connectivity index is -0.00000126. The van der Waals surface area contributed by atoms with Gasteiger partial charge in [0.25, 0.3) is 0 Å². The highest BCUT2D eigenvalue weighted by Gasteiger charge is 2.38. The van der Waals surface area contributed by atoms with Crippen LogP contribution in [0.5, 0.6) is 0 Å². The van der Waals surface area contributed by atoms with Crippen LogP contribution in [0.2, 0.25) is 0 Å². The first-order valence-electron chi connectivity index (χ1n) is 37.4. The number of unbranched alkanes of at least 4 members (excludes halogenated alkanes) is 1. The topological polar surface area (TPSA) is 295 Å². The first kappa shape index (κ1) is 99.1. The molecule has 0 radical (unpaired) electrons. The zero-order valence-electron chi connectivity index (χ0n) is 69.6. The third-order valence-corrected chi connectivity index (χ3v) is 16.7. The van der Waals surface area contributed by atoms with Gasteiger partial charge in [0.15, 0.2) is 23.1 Å². The van der Waals surface area contributed by atoms with Gasteiger partial charge in [-0.2, -0.15) is 0 Å². The second-order valence-corrected chi connectivity index (χ2v) is 37.7. The van der Waals surface area contributed by atoms with E-state index in [9.17, 15) is 47.9 Å². The van der Waals surface area contributed by atoms with Crippen LogP contribution in [0.3, 0.4) is 0 Å². The Kier molecular flexibility index (Phi) is 44.2. The van der Waals surface area contributed by atoms with E-state index in [1.54, 1.807) is 0 Å². The van der Waals surface area contributed by atoms with Gasteiger partial charge in [-0.25, -0.2) is 4.79 Å². The minimum atomic E-state index is -0.585. The molecule has 0 saturated carbocycles. The molecule has 4 amide bonds. The number of primary amides is 1. The molecule has 0 aliphatic rings. The normalized spacial score (nSPS) is 15.0. The molecule has 580 valence electrons. The van der Waals surface area contributed by atoms with Crippen LogP contribution in [0, 0.1) is 68.5 Å². The fraction of sp³-hybridized carbons (Fsp3) is 0.805. The maximum absolute atomic E-state index is 13.3. The van der Waals surface area contributed by atoms with Crippen LogP contribution in [0.4, 0.5) is 4.79 Å². The van der Waals surface area contributed by atoms with E-state index >= 15 is 0 Å². The van der Waals surface area contributed by atoms with Gasteiger partial charge >= 0.3 is 6.03 Å². The molecule has 0 bridgehead atoms. The summed E-state index contributed by atoms with van der Waals surface area (Å²) in [5.41, 5.74) is 9.52. The number of hydrogen-bond donors (Lipinski definition) is 8.